The van der Waals surface area contributed by atoms with Crippen LogP contribution in [0.3, 0.4) is 0 Å². The summed E-state index contributed by atoms with van der Waals surface area (Å²) in [6.45, 7) is 5.88. The lowest BCUT2D eigenvalue weighted by Crippen LogP contribution is -2.39. The van der Waals surface area contributed by atoms with Gasteiger partial charge < -0.3 is 38.6 Å². The molecular weight excluding hydrogens is 732 g/mol. The van der Waals surface area contributed by atoms with Crippen LogP contribution in [0, 0.1) is 5.41 Å². The van der Waals surface area contributed by atoms with Crippen LogP contribution in [0.1, 0.15) is 128 Å². The summed E-state index contributed by atoms with van der Waals surface area (Å²) in [6.07, 6.45) is 16.8. The number of aliphatic carboxylic acids is 2. The van der Waals surface area contributed by atoms with Gasteiger partial charge in [0.1, 0.15) is 0 Å². The lowest BCUT2D eigenvalue weighted by molar-refractivity contribution is -0.166. The van der Waals surface area contributed by atoms with Gasteiger partial charge >= 0.3 is 23.9 Å². The molecule has 2 aromatic carbocycles. The van der Waals surface area contributed by atoms with Crippen LogP contribution in [0.25, 0.3) is 12.2 Å². The maximum atomic E-state index is 12.2. The molecular formula is C45H64O12. The number of unbranched alkanes of at least 4 members (excludes halogenated alkanes) is 10. The van der Waals surface area contributed by atoms with Gasteiger partial charge in [-0.15, -0.1) is 0 Å². The van der Waals surface area contributed by atoms with E-state index >= 15 is 0 Å². The molecule has 12 heteroatoms. The summed E-state index contributed by atoms with van der Waals surface area (Å²) in [4.78, 5) is 48.8. The molecule has 0 bridgehead atoms. The van der Waals surface area contributed by atoms with Gasteiger partial charge in [0.25, 0.3) is 0 Å². The summed E-state index contributed by atoms with van der Waals surface area (Å²) in [6, 6.07) is 10.9. The molecule has 0 saturated heterocycles. The van der Waals surface area contributed by atoms with Crippen LogP contribution in [0.4, 0.5) is 0 Å². The average molecular weight is 797 g/mol. The van der Waals surface area contributed by atoms with Gasteiger partial charge in [-0.05, 0) is 86.1 Å². The second-order valence-corrected chi connectivity index (χ2v) is 14.0. The van der Waals surface area contributed by atoms with Crippen molar-refractivity contribution in [1.82, 2.24) is 0 Å². The van der Waals surface area contributed by atoms with Crippen LogP contribution in [-0.2, 0) is 28.7 Å². The third-order valence-electron chi connectivity index (χ3n) is 9.51. The molecule has 12 nitrogen and oxygen atoms in total. The standard InChI is InChI=1S/C45H64O12/c1-5-7-15-29-54-37-23-19-35(33-39(37)52-3)21-25-41(46)56-31-17-11-9-13-27-45(43(48)49,44(50)51)28-14-10-12-18-32-57-42(47)26-22-36-20-24-38(40(34-36)53-4)55-30-16-8-6-2/h19-26,33-34H,5-18,27-32H2,1-4H3,(H,48,49)(H,50,51)/b25-21+,26-22+. The molecule has 0 unspecified atom stereocenters. The summed E-state index contributed by atoms with van der Waals surface area (Å²) >= 11 is 0. The Hall–Kier alpha value is -5.00. The Morgan fingerprint density at radius 1 is 0.526 bits per heavy atom. The highest BCUT2D eigenvalue weighted by Gasteiger charge is 2.45. The third kappa shape index (κ3) is 18.7. The number of carbonyl (C=O) groups excluding carboxylic acids is 2. The van der Waals surface area contributed by atoms with Gasteiger partial charge in [-0.3, -0.25) is 9.59 Å². The Labute approximate surface area is 338 Å². The van der Waals surface area contributed by atoms with E-state index < -0.39 is 29.3 Å². The minimum Gasteiger partial charge on any atom is -0.493 e. The molecule has 0 atom stereocenters. The Kier molecular flexibility index (Phi) is 24.0. The van der Waals surface area contributed by atoms with E-state index in [-0.39, 0.29) is 26.1 Å². The first kappa shape index (κ1) is 48.1. The van der Waals surface area contributed by atoms with E-state index in [1.54, 1.807) is 38.5 Å². The molecule has 0 saturated carbocycles. The molecule has 0 aliphatic rings. The second-order valence-electron chi connectivity index (χ2n) is 14.0. The van der Waals surface area contributed by atoms with Crippen molar-refractivity contribution in [2.45, 2.75) is 117 Å². The Morgan fingerprint density at radius 2 is 0.912 bits per heavy atom. The molecule has 0 heterocycles. The normalized spacial score (nSPS) is 11.4. The fourth-order valence-corrected chi connectivity index (χ4v) is 6.06. The lowest BCUT2D eigenvalue weighted by Gasteiger charge is -2.25. The number of carboxylic acid groups (broad SMARTS) is 2. The zero-order valence-corrected chi connectivity index (χ0v) is 34.4. The van der Waals surface area contributed by atoms with Crippen molar-refractivity contribution in [1.29, 1.82) is 0 Å². The number of ether oxygens (including phenoxy) is 6. The Morgan fingerprint density at radius 3 is 1.28 bits per heavy atom. The smallest absolute Gasteiger partial charge is 0.330 e. The molecule has 2 aromatic rings. The van der Waals surface area contributed by atoms with Gasteiger partial charge in [0.05, 0.1) is 40.6 Å². The number of esters is 2. The summed E-state index contributed by atoms with van der Waals surface area (Å²) in [5, 5.41) is 19.8. The number of methoxy groups -OCH3 is 2. The predicted octanol–water partition coefficient (Wildman–Crippen LogP) is 9.71. The van der Waals surface area contributed by atoms with E-state index in [0.717, 1.165) is 49.7 Å². The topological polar surface area (TPSA) is 164 Å². The number of benzene rings is 2. The van der Waals surface area contributed by atoms with E-state index in [1.165, 1.54) is 12.2 Å². The van der Waals surface area contributed by atoms with E-state index in [0.29, 0.717) is 87.6 Å². The van der Waals surface area contributed by atoms with Crippen molar-refractivity contribution in [2.75, 3.05) is 40.6 Å². The number of hydrogen-bond acceptors (Lipinski definition) is 10. The number of carbonyl (C=O) groups is 4. The summed E-state index contributed by atoms with van der Waals surface area (Å²) < 4.78 is 33.0. The first-order chi connectivity index (χ1) is 27.6. The number of carboxylic acids is 2. The van der Waals surface area contributed by atoms with Gasteiger partial charge in [0, 0.05) is 12.2 Å². The van der Waals surface area contributed by atoms with Crippen molar-refractivity contribution in [3.8, 4) is 23.0 Å². The summed E-state index contributed by atoms with van der Waals surface area (Å²) in [5.74, 6) is -1.17. The molecule has 2 rings (SSSR count). The molecule has 0 aliphatic carbocycles. The van der Waals surface area contributed by atoms with Gasteiger partial charge in [-0.25, -0.2) is 9.59 Å². The molecule has 0 aromatic heterocycles. The van der Waals surface area contributed by atoms with Crippen molar-refractivity contribution in [3.05, 3.63) is 59.7 Å². The van der Waals surface area contributed by atoms with Crippen LogP contribution < -0.4 is 18.9 Å². The van der Waals surface area contributed by atoms with Crippen molar-refractivity contribution < 1.29 is 57.8 Å². The maximum Gasteiger partial charge on any atom is 0.330 e. The van der Waals surface area contributed by atoms with Crippen molar-refractivity contribution in [2.24, 2.45) is 5.41 Å². The Bertz CT molecular complexity index is 1450. The highest BCUT2D eigenvalue weighted by Crippen LogP contribution is 2.33. The van der Waals surface area contributed by atoms with E-state index in [9.17, 15) is 29.4 Å². The van der Waals surface area contributed by atoms with Crippen LogP contribution >= 0.6 is 0 Å². The molecule has 316 valence electrons. The molecule has 0 fully saturated rings. The lowest BCUT2D eigenvalue weighted by atomic mass is 9.78. The minimum atomic E-state index is -1.86. The number of hydrogen-bond donors (Lipinski definition) is 2. The molecule has 57 heavy (non-hydrogen) atoms. The predicted molar refractivity (Wildman–Crippen MR) is 220 cm³/mol. The van der Waals surface area contributed by atoms with E-state index in [2.05, 4.69) is 13.8 Å². The van der Waals surface area contributed by atoms with Crippen molar-refractivity contribution in [3.63, 3.8) is 0 Å². The molecule has 0 radical (unpaired) electrons. The van der Waals surface area contributed by atoms with Crippen LogP contribution in [0.5, 0.6) is 23.0 Å². The van der Waals surface area contributed by atoms with Gasteiger partial charge in [-0.1, -0.05) is 90.2 Å². The highest BCUT2D eigenvalue weighted by molar-refractivity contribution is 5.98. The monoisotopic (exact) mass is 796 g/mol. The minimum absolute atomic E-state index is 0.0107. The molecule has 0 spiro atoms. The second kappa shape index (κ2) is 28.4. The number of rotatable bonds is 32. The first-order valence-electron chi connectivity index (χ1n) is 20.4. The maximum absolute atomic E-state index is 12.2. The largest absolute Gasteiger partial charge is 0.493 e. The SMILES string of the molecule is CCCCCOc1ccc(/C=C/C(=O)OCCCCCCC(CCCCCCOC(=O)/C=C/c2ccc(OCCCCC)c(OC)c2)(C(=O)O)C(=O)O)cc1OC. The summed E-state index contributed by atoms with van der Waals surface area (Å²) in [7, 11) is 3.13. The highest BCUT2D eigenvalue weighted by atomic mass is 16.5. The van der Waals surface area contributed by atoms with Crippen LogP contribution in [-0.4, -0.2) is 74.7 Å². The zero-order chi connectivity index (χ0) is 41.7. The first-order valence-corrected chi connectivity index (χ1v) is 20.4. The van der Waals surface area contributed by atoms with Gasteiger partial charge in [0.15, 0.2) is 28.4 Å². The van der Waals surface area contributed by atoms with Crippen molar-refractivity contribution >= 4 is 36.0 Å². The molecule has 0 amide bonds. The van der Waals surface area contributed by atoms with Crippen LogP contribution in [0.15, 0.2) is 48.6 Å². The Balaban J connectivity index is 1.66. The zero-order valence-electron chi connectivity index (χ0n) is 34.4. The van der Waals surface area contributed by atoms with Gasteiger partial charge in [-0.2, -0.15) is 0 Å². The average Bonchev–Trinajstić information content (AvgIpc) is 3.21. The fourth-order valence-electron chi connectivity index (χ4n) is 6.06. The van der Waals surface area contributed by atoms with E-state index in [1.807, 2.05) is 24.3 Å². The van der Waals surface area contributed by atoms with E-state index in [4.69, 9.17) is 28.4 Å². The summed E-state index contributed by atoms with van der Waals surface area (Å²) in [5.41, 5.74) is -0.337. The molecule has 0 aliphatic heterocycles. The van der Waals surface area contributed by atoms with Gasteiger partial charge in [0.2, 0.25) is 0 Å². The fraction of sp³-hybridized carbons (Fsp3) is 0.556. The van der Waals surface area contributed by atoms with Crippen LogP contribution in [0.2, 0.25) is 0 Å². The third-order valence-corrected chi connectivity index (χ3v) is 9.51. The quantitative estimate of drug-likeness (QED) is 0.0312. The molecule has 2 N–H and O–H groups in total.